The minimum atomic E-state index is -0.953. The number of hydrogen-bond donors (Lipinski definition) is 2. The van der Waals surface area contributed by atoms with Gasteiger partial charge in [0.05, 0.1) is 11.4 Å². The van der Waals surface area contributed by atoms with Crippen LogP contribution in [0.4, 0.5) is 0 Å². The van der Waals surface area contributed by atoms with E-state index in [9.17, 15) is 4.79 Å². The van der Waals surface area contributed by atoms with Gasteiger partial charge in [0.2, 0.25) is 0 Å². The highest BCUT2D eigenvalue weighted by Gasteiger charge is 2.13. The van der Waals surface area contributed by atoms with E-state index in [0.29, 0.717) is 25.9 Å². The minimum Gasteiger partial charge on any atom is -0.480 e. The number of carboxylic acid groups (broad SMARTS) is 1. The lowest BCUT2D eigenvalue weighted by atomic mass is 10.1. The molecule has 0 aromatic carbocycles. The van der Waals surface area contributed by atoms with E-state index in [0.717, 1.165) is 17.9 Å². The number of nitrogens with zero attached hydrogens (tertiary/aromatic N) is 3. The lowest BCUT2D eigenvalue weighted by Gasteiger charge is -2.22. The molecule has 2 aromatic rings. The second kappa shape index (κ2) is 10.7. The maximum absolute atomic E-state index is 10.8. The Morgan fingerprint density at radius 3 is 2.04 bits per heavy atom. The van der Waals surface area contributed by atoms with Crippen LogP contribution >= 0.6 is 12.4 Å². The summed E-state index contributed by atoms with van der Waals surface area (Å²) >= 11 is 0. The zero-order valence-electron chi connectivity index (χ0n) is 13.4. The van der Waals surface area contributed by atoms with Gasteiger partial charge in [-0.1, -0.05) is 12.1 Å². The molecule has 2 rings (SSSR count). The van der Waals surface area contributed by atoms with E-state index in [4.69, 9.17) is 10.8 Å². The Balaban J connectivity index is 0.00000288. The fourth-order valence-electron chi connectivity index (χ4n) is 2.31. The molecule has 0 amide bonds. The molecule has 0 bridgehead atoms. The van der Waals surface area contributed by atoms with E-state index in [1.54, 1.807) is 12.4 Å². The van der Waals surface area contributed by atoms with Gasteiger partial charge in [-0.2, -0.15) is 0 Å². The highest BCUT2D eigenvalue weighted by atomic mass is 35.5. The molecule has 0 radical (unpaired) electrons. The van der Waals surface area contributed by atoms with Crippen LogP contribution in [0.25, 0.3) is 0 Å². The summed E-state index contributed by atoms with van der Waals surface area (Å²) in [7, 11) is 0. The Morgan fingerprint density at radius 2 is 1.62 bits per heavy atom. The quantitative estimate of drug-likeness (QED) is 0.719. The van der Waals surface area contributed by atoms with Crippen LogP contribution in [0.5, 0.6) is 0 Å². The van der Waals surface area contributed by atoms with Gasteiger partial charge in [0.1, 0.15) is 6.04 Å². The number of carbonyl (C=O) groups is 1. The first-order valence-electron chi connectivity index (χ1n) is 7.65. The maximum atomic E-state index is 10.8. The first-order valence-corrected chi connectivity index (χ1v) is 7.65. The van der Waals surface area contributed by atoms with E-state index < -0.39 is 12.0 Å². The molecule has 0 aliphatic rings. The summed E-state index contributed by atoms with van der Waals surface area (Å²) in [5, 5.41) is 8.86. The molecule has 0 saturated carbocycles. The third-order valence-corrected chi connectivity index (χ3v) is 3.53. The first kappa shape index (κ1) is 20.0. The molecular weight excluding hydrogens is 328 g/mol. The van der Waals surface area contributed by atoms with Gasteiger partial charge < -0.3 is 10.8 Å². The van der Waals surface area contributed by atoms with Gasteiger partial charge >= 0.3 is 5.97 Å². The van der Waals surface area contributed by atoms with Crippen molar-refractivity contribution >= 4 is 18.4 Å². The van der Waals surface area contributed by atoms with E-state index in [2.05, 4.69) is 14.9 Å². The van der Waals surface area contributed by atoms with E-state index >= 15 is 0 Å². The summed E-state index contributed by atoms with van der Waals surface area (Å²) < 4.78 is 0. The van der Waals surface area contributed by atoms with Gasteiger partial charge in [-0.15, -0.1) is 12.4 Å². The summed E-state index contributed by atoms with van der Waals surface area (Å²) in [6, 6.07) is 10.9. The van der Waals surface area contributed by atoms with Gasteiger partial charge in [-0.05, 0) is 43.7 Å². The first-order chi connectivity index (χ1) is 11.1. The molecular formula is C17H23ClN4O2. The monoisotopic (exact) mass is 350 g/mol. The van der Waals surface area contributed by atoms with Gasteiger partial charge in [-0.3, -0.25) is 19.7 Å². The smallest absolute Gasteiger partial charge is 0.320 e. The zero-order chi connectivity index (χ0) is 16.5. The third kappa shape index (κ3) is 7.04. The Hall–Kier alpha value is -2.02. The van der Waals surface area contributed by atoms with Crippen LogP contribution in [0.15, 0.2) is 48.8 Å². The Labute approximate surface area is 148 Å². The van der Waals surface area contributed by atoms with Crippen molar-refractivity contribution < 1.29 is 9.90 Å². The van der Waals surface area contributed by atoms with E-state index in [-0.39, 0.29) is 12.4 Å². The van der Waals surface area contributed by atoms with Crippen molar-refractivity contribution in [3.05, 3.63) is 60.2 Å². The van der Waals surface area contributed by atoms with Crippen LogP contribution in [0.1, 0.15) is 24.2 Å². The SMILES string of the molecule is Cl.N[C@@H](CCCN(Cc1ccccn1)Cc1ccccn1)C(=O)O. The van der Waals surface area contributed by atoms with Crippen molar-refractivity contribution in [2.75, 3.05) is 6.54 Å². The lowest BCUT2D eigenvalue weighted by Crippen LogP contribution is -2.32. The fourth-order valence-corrected chi connectivity index (χ4v) is 2.31. The Morgan fingerprint density at radius 1 is 1.08 bits per heavy atom. The maximum Gasteiger partial charge on any atom is 0.320 e. The summed E-state index contributed by atoms with van der Waals surface area (Å²) in [4.78, 5) is 21.7. The standard InChI is InChI=1S/C17H22N4O2.ClH/c18-16(17(22)23)8-5-11-21(12-14-6-1-3-9-19-14)13-15-7-2-4-10-20-15;/h1-4,6-7,9-10,16H,5,8,11-13,18H2,(H,22,23);1H/t16-;/m0./s1. The molecule has 0 fully saturated rings. The van der Waals surface area contributed by atoms with Gasteiger partial charge in [0.25, 0.3) is 0 Å². The molecule has 1 atom stereocenters. The average Bonchev–Trinajstić information content (AvgIpc) is 2.56. The summed E-state index contributed by atoms with van der Waals surface area (Å²) in [6.45, 7) is 2.13. The molecule has 2 aromatic heterocycles. The number of aliphatic carboxylic acids is 1. The molecule has 2 heterocycles. The Kier molecular flexibility index (Phi) is 8.93. The number of halogens is 1. The third-order valence-electron chi connectivity index (χ3n) is 3.53. The number of nitrogens with two attached hydrogens (primary N) is 1. The predicted molar refractivity (Wildman–Crippen MR) is 94.7 cm³/mol. The van der Waals surface area contributed by atoms with E-state index in [1.165, 1.54) is 0 Å². The van der Waals surface area contributed by atoms with Gasteiger partial charge in [0, 0.05) is 25.5 Å². The fraction of sp³-hybridized carbons (Fsp3) is 0.353. The molecule has 0 aliphatic carbocycles. The van der Waals surface area contributed by atoms with Crippen LogP contribution < -0.4 is 5.73 Å². The van der Waals surface area contributed by atoms with Crippen LogP contribution in [0.3, 0.4) is 0 Å². The van der Waals surface area contributed by atoms with Crippen molar-refractivity contribution in [1.82, 2.24) is 14.9 Å². The van der Waals surface area contributed by atoms with Crippen molar-refractivity contribution in [2.45, 2.75) is 32.0 Å². The highest BCUT2D eigenvalue weighted by Crippen LogP contribution is 2.09. The molecule has 24 heavy (non-hydrogen) atoms. The lowest BCUT2D eigenvalue weighted by molar-refractivity contribution is -0.138. The summed E-state index contributed by atoms with van der Waals surface area (Å²) in [6.07, 6.45) is 4.71. The summed E-state index contributed by atoms with van der Waals surface area (Å²) in [5.74, 6) is -0.953. The molecule has 130 valence electrons. The largest absolute Gasteiger partial charge is 0.480 e. The molecule has 0 spiro atoms. The normalized spacial score (nSPS) is 11.8. The topological polar surface area (TPSA) is 92.3 Å². The van der Waals surface area contributed by atoms with Gasteiger partial charge in [-0.25, -0.2) is 0 Å². The van der Waals surface area contributed by atoms with Crippen molar-refractivity contribution in [1.29, 1.82) is 0 Å². The van der Waals surface area contributed by atoms with Gasteiger partial charge in [0.15, 0.2) is 0 Å². The van der Waals surface area contributed by atoms with Crippen molar-refractivity contribution in [3.63, 3.8) is 0 Å². The molecule has 0 unspecified atom stereocenters. The second-order valence-electron chi connectivity index (χ2n) is 5.44. The zero-order valence-corrected chi connectivity index (χ0v) is 14.2. The number of rotatable bonds is 9. The summed E-state index contributed by atoms with van der Waals surface area (Å²) in [5.41, 5.74) is 7.52. The minimum absolute atomic E-state index is 0. The second-order valence-corrected chi connectivity index (χ2v) is 5.44. The van der Waals surface area contributed by atoms with Crippen molar-refractivity contribution in [2.24, 2.45) is 5.73 Å². The average molecular weight is 351 g/mol. The number of hydrogen-bond acceptors (Lipinski definition) is 5. The number of pyridine rings is 2. The van der Waals surface area contributed by atoms with Crippen LogP contribution in [0, 0.1) is 0 Å². The predicted octanol–water partition coefficient (Wildman–Crippen LogP) is 2.09. The number of aromatic nitrogens is 2. The van der Waals surface area contributed by atoms with Crippen LogP contribution in [-0.4, -0.2) is 38.5 Å². The van der Waals surface area contributed by atoms with Crippen LogP contribution in [-0.2, 0) is 17.9 Å². The molecule has 3 N–H and O–H groups in total. The molecule has 0 saturated heterocycles. The molecule has 0 aliphatic heterocycles. The van der Waals surface area contributed by atoms with Crippen molar-refractivity contribution in [3.8, 4) is 0 Å². The Bertz CT molecular complexity index is 557. The highest BCUT2D eigenvalue weighted by molar-refractivity contribution is 5.85. The molecule has 6 nitrogen and oxygen atoms in total. The van der Waals surface area contributed by atoms with E-state index in [1.807, 2.05) is 36.4 Å². The number of carboxylic acids is 1. The van der Waals surface area contributed by atoms with Crippen LogP contribution in [0.2, 0.25) is 0 Å². The molecule has 7 heteroatoms.